The van der Waals surface area contributed by atoms with Crippen molar-refractivity contribution in [3.05, 3.63) is 36.0 Å². The molecular weight excluding hydrogens is 242 g/mol. The second-order valence-corrected chi connectivity index (χ2v) is 10.9. The summed E-state index contributed by atoms with van der Waals surface area (Å²) in [7, 11) is -1.31. The molecule has 15 heavy (non-hydrogen) atoms. The van der Waals surface area contributed by atoms with Gasteiger partial charge in [-0.05, 0) is 30.9 Å². The first-order valence-corrected chi connectivity index (χ1v) is 8.72. The van der Waals surface area contributed by atoms with Gasteiger partial charge in [0.15, 0.2) is 0 Å². The topological polar surface area (TPSA) is 12.9 Å². The van der Waals surface area contributed by atoms with Gasteiger partial charge in [-0.3, -0.25) is 4.98 Å². The Kier molecular flexibility index (Phi) is 2.92. The predicted octanol–water partition coefficient (Wildman–Crippen LogP) is 4.03. The highest BCUT2D eigenvalue weighted by atomic mass is 33.5. The molecule has 0 saturated heterocycles. The molecule has 4 heteroatoms. The summed E-state index contributed by atoms with van der Waals surface area (Å²) in [5, 5.41) is 1.17. The number of fused-ring (bicyclic) bond motifs is 1. The number of thiol groups is 2. The third-order valence-corrected chi connectivity index (χ3v) is 4.73. The van der Waals surface area contributed by atoms with Crippen molar-refractivity contribution >= 4 is 42.3 Å². The van der Waals surface area contributed by atoms with Gasteiger partial charge >= 0.3 is 0 Å². The zero-order chi connectivity index (χ0) is 11.1. The first-order chi connectivity index (χ1) is 7.00. The number of rotatable bonds is 1. The van der Waals surface area contributed by atoms with Crippen LogP contribution in [0.2, 0.25) is 0 Å². The van der Waals surface area contributed by atoms with Crippen molar-refractivity contribution in [2.24, 2.45) is 0 Å². The molecule has 0 aliphatic carbocycles. The lowest BCUT2D eigenvalue weighted by Crippen LogP contribution is -1.90. The monoisotopic (exact) mass is 255 g/mol. The lowest BCUT2D eigenvalue weighted by molar-refractivity contribution is 1.31. The summed E-state index contributed by atoms with van der Waals surface area (Å²) in [6.45, 7) is 2.10. The second kappa shape index (κ2) is 3.92. The normalized spacial score (nSPS) is 13.1. The molecule has 0 bridgehead atoms. The van der Waals surface area contributed by atoms with Crippen molar-refractivity contribution in [1.82, 2.24) is 4.98 Å². The Labute approximate surface area is 101 Å². The van der Waals surface area contributed by atoms with Gasteiger partial charge in [-0.2, -0.15) is 0 Å². The molecule has 0 saturated carbocycles. The van der Waals surface area contributed by atoms with Crippen LogP contribution in [0.25, 0.3) is 10.9 Å². The predicted molar refractivity (Wildman–Crippen MR) is 76.2 cm³/mol. The van der Waals surface area contributed by atoms with Gasteiger partial charge in [0.1, 0.15) is 0 Å². The molecule has 1 aromatic carbocycles. The Morgan fingerprint density at radius 2 is 1.93 bits per heavy atom. The van der Waals surface area contributed by atoms with Gasteiger partial charge in [0.2, 0.25) is 0 Å². The fraction of sp³-hybridized carbons (Fsp3) is 0.182. The molecule has 0 fully saturated rings. The highest BCUT2D eigenvalue weighted by molar-refractivity contribution is 9.17. The second-order valence-electron chi connectivity index (χ2n) is 3.62. The summed E-state index contributed by atoms with van der Waals surface area (Å²) in [5.41, 5.74) is 2.25. The number of hydrogen-bond acceptors (Lipinski definition) is 3. The summed E-state index contributed by atoms with van der Waals surface area (Å²) in [4.78, 5) is 5.56. The van der Waals surface area contributed by atoms with Crippen LogP contribution in [0.4, 0.5) is 0 Å². The fourth-order valence-electron chi connectivity index (χ4n) is 1.75. The van der Waals surface area contributed by atoms with E-state index in [0.717, 1.165) is 5.52 Å². The Bertz CT molecular complexity index is 503. The third-order valence-electron chi connectivity index (χ3n) is 2.32. The molecule has 0 unspecified atom stereocenters. The van der Waals surface area contributed by atoms with Crippen LogP contribution in [0.5, 0.6) is 0 Å². The Hall–Kier alpha value is -0.320. The summed E-state index contributed by atoms with van der Waals surface area (Å²) in [6, 6.07) is 8.17. The van der Waals surface area contributed by atoms with E-state index in [2.05, 4.69) is 53.6 Å². The van der Waals surface area contributed by atoms with Crippen LogP contribution in [-0.2, 0) is 0 Å². The van der Waals surface area contributed by atoms with Gasteiger partial charge in [0.05, 0.1) is 5.52 Å². The third kappa shape index (κ3) is 2.12. The SMILES string of the molecule is Cc1ccc2ncccc2c1S(C)(S)S. The number of aryl methyl sites for hydroxylation is 1. The molecule has 1 heterocycles. The minimum Gasteiger partial charge on any atom is -0.256 e. The Balaban J connectivity index is 2.86. The Morgan fingerprint density at radius 3 is 2.60 bits per heavy atom. The molecule has 1 aromatic heterocycles. The number of aromatic nitrogens is 1. The van der Waals surface area contributed by atoms with E-state index < -0.39 is 8.09 Å². The van der Waals surface area contributed by atoms with E-state index in [0.29, 0.717) is 0 Å². The van der Waals surface area contributed by atoms with Crippen LogP contribution in [-0.4, -0.2) is 11.2 Å². The average molecular weight is 255 g/mol. The van der Waals surface area contributed by atoms with Gasteiger partial charge in [0.25, 0.3) is 0 Å². The molecule has 0 spiro atoms. The van der Waals surface area contributed by atoms with E-state index in [1.54, 1.807) is 0 Å². The lowest BCUT2D eigenvalue weighted by Gasteiger charge is -2.26. The highest BCUT2D eigenvalue weighted by Gasteiger charge is 2.16. The van der Waals surface area contributed by atoms with Crippen LogP contribution in [0.1, 0.15) is 5.56 Å². The molecule has 80 valence electrons. The van der Waals surface area contributed by atoms with Gasteiger partial charge < -0.3 is 0 Å². The first kappa shape index (κ1) is 11.2. The van der Waals surface area contributed by atoms with E-state index >= 15 is 0 Å². The van der Waals surface area contributed by atoms with Crippen molar-refractivity contribution in [1.29, 1.82) is 0 Å². The number of nitrogens with zero attached hydrogens (tertiary/aromatic N) is 1. The number of hydrogen-bond donors (Lipinski definition) is 2. The van der Waals surface area contributed by atoms with Crippen LogP contribution in [0, 0.1) is 6.92 Å². The summed E-state index contributed by atoms with van der Waals surface area (Å²) in [5.74, 6) is 0. The van der Waals surface area contributed by atoms with E-state index in [9.17, 15) is 0 Å². The first-order valence-electron chi connectivity index (χ1n) is 4.58. The quantitative estimate of drug-likeness (QED) is 0.579. The fourth-order valence-corrected chi connectivity index (χ4v) is 4.47. The molecular formula is C11H13NS3. The minimum atomic E-state index is -1.31. The van der Waals surface area contributed by atoms with Gasteiger partial charge in [0, 0.05) is 16.5 Å². The van der Waals surface area contributed by atoms with Crippen LogP contribution in [0.15, 0.2) is 35.4 Å². The molecule has 0 amide bonds. The molecule has 0 N–H and O–H groups in total. The maximum absolute atomic E-state index is 4.61. The summed E-state index contributed by atoms with van der Waals surface area (Å²) in [6.07, 6.45) is 3.87. The van der Waals surface area contributed by atoms with Crippen molar-refractivity contribution in [2.45, 2.75) is 11.8 Å². The molecule has 1 nitrogen and oxygen atoms in total. The lowest BCUT2D eigenvalue weighted by atomic mass is 10.1. The van der Waals surface area contributed by atoms with Crippen LogP contribution < -0.4 is 0 Å². The maximum atomic E-state index is 4.61. The van der Waals surface area contributed by atoms with E-state index in [-0.39, 0.29) is 0 Å². The summed E-state index contributed by atoms with van der Waals surface area (Å²) >= 11 is 9.22. The Morgan fingerprint density at radius 1 is 1.20 bits per heavy atom. The van der Waals surface area contributed by atoms with Crippen molar-refractivity contribution in [2.75, 3.05) is 6.26 Å². The van der Waals surface area contributed by atoms with E-state index in [1.165, 1.54) is 15.8 Å². The summed E-state index contributed by atoms with van der Waals surface area (Å²) < 4.78 is 0. The largest absolute Gasteiger partial charge is 0.256 e. The smallest absolute Gasteiger partial charge is 0.0713 e. The molecule has 2 aromatic rings. The van der Waals surface area contributed by atoms with Crippen LogP contribution >= 0.6 is 31.4 Å². The highest BCUT2D eigenvalue weighted by Crippen LogP contribution is 2.63. The zero-order valence-electron chi connectivity index (χ0n) is 8.64. The van der Waals surface area contributed by atoms with Gasteiger partial charge in [-0.1, -0.05) is 12.1 Å². The minimum absolute atomic E-state index is 1.01. The number of pyridine rings is 1. The standard InChI is InChI=1S/C11H13NS3/c1-8-5-6-10-9(4-3-7-12-10)11(8)15(2,13)14/h3-7,13-14H,1-2H3. The molecule has 0 aliphatic rings. The molecule has 0 aliphatic heterocycles. The molecule has 0 radical (unpaired) electrons. The number of benzene rings is 1. The van der Waals surface area contributed by atoms with Crippen molar-refractivity contribution in [3.8, 4) is 0 Å². The van der Waals surface area contributed by atoms with Gasteiger partial charge in [-0.15, -0.1) is 31.4 Å². The molecule has 0 atom stereocenters. The van der Waals surface area contributed by atoms with E-state index in [4.69, 9.17) is 0 Å². The van der Waals surface area contributed by atoms with Crippen LogP contribution in [0.3, 0.4) is 0 Å². The maximum Gasteiger partial charge on any atom is 0.0713 e. The average Bonchev–Trinajstić information content (AvgIpc) is 2.15. The van der Waals surface area contributed by atoms with E-state index in [1.807, 2.05) is 18.3 Å². The molecule has 2 rings (SSSR count). The van der Waals surface area contributed by atoms with Gasteiger partial charge in [-0.25, -0.2) is 0 Å². The zero-order valence-corrected chi connectivity index (χ0v) is 11.2. The van der Waals surface area contributed by atoms with Crippen molar-refractivity contribution < 1.29 is 0 Å². The van der Waals surface area contributed by atoms with Crippen molar-refractivity contribution in [3.63, 3.8) is 0 Å².